The molecule has 8 nitrogen and oxygen atoms in total. The summed E-state index contributed by atoms with van der Waals surface area (Å²) in [6, 6.07) is 4.73. The molecule has 1 heterocycles. The smallest absolute Gasteiger partial charge is 0.325 e. The van der Waals surface area contributed by atoms with Gasteiger partial charge in [0.1, 0.15) is 6.54 Å². The molecule has 138 valence electrons. The lowest BCUT2D eigenvalue weighted by molar-refractivity contribution is -0.122. The number of urea groups is 1. The van der Waals surface area contributed by atoms with Gasteiger partial charge in [-0.15, -0.1) is 0 Å². The molecule has 3 amide bonds. The van der Waals surface area contributed by atoms with Crippen LogP contribution in [-0.2, 0) is 4.79 Å². The minimum absolute atomic E-state index is 0.0286. The summed E-state index contributed by atoms with van der Waals surface area (Å²) >= 11 is 0. The van der Waals surface area contributed by atoms with Crippen molar-refractivity contribution in [3.8, 4) is 11.5 Å². The van der Waals surface area contributed by atoms with E-state index in [4.69, 9.17) is 14.6 Å². The summed E-state index contributed by atoms with van der Waals surface area (Å²) in [6.45, 7) is 2.67. The minimum atomic E-state index is -0.285. The second kappa shape index (κ2) is 8.57. The Kier molecular flexibility index (Phi) is 6.46. The topological polar surface area (TPSA) is 91.3 Å². The maximum Gasteiger partial charge on any atom is 0.325 e. The van der Waals surface area contributed by atoms with Gasteiger partial charge >= 0.3 is 6.03 Å². The van der Waals surface area contributed by atoms with Crippen molar-refractivity contribution in [3.05, 3.63) is 18.2 Å². The monoisotopic (exact) mass is 351 g/mol. The van der Waals surface area contributed by atoms with Crippen molar-refractivity contribution in [1.82, 2.24) is 10.2 Å². The number of rotatable bonds is 8. The predicted molar refractivity (Wildman–Crippen MR) is 93.2 cm³/mol. The Morgan fingerprint density at radius 3 is 2.60 bits per heavy atom. The number of methoxy groups -OCH3 is 2. The van der Waals surface area contributed by atoms with Crippen molar-refractivity contribution >= 4 is 17.6 Å². The number of nitrogens with one attached hydrogen (secondary N) is 1. The lowest BCUT2D eigenvalue weighted by Crippen LogP contribution is -2.44. The summed E-state index contributed by atoms with van der Waals surface area (Å²) in [5, 5.41) is 11.9. The van der Waals surface area contributed by atoms with Crippen LogP contribution in [-0.4, -0.2) is 68.4 Å². The highest BCUT2D eigenvalue weighted by atomic mass is 16.5. The number of nitrogens with zero attached hydrogens (tertiary/aromatic N) is 2. The van der Waals surface area contributed by atoms with Crippen LogP contribution in [0, 0.1) is 0 Å². The molecule has 8 heteroatoms. The molecular formula is C17H25N3O5. The Bertz CT molecular complexity index is 618. The van der Waals surface area contributed by atoms with Crippen LogP contribution in [0.25, 0.3) is 0 Å². The van der Waals surface area contributed by atoms with Crippen molar-refractivity contribution in [3.63, 3.8) is 0 Å². The number of amides is 3. The predicted octanol–water partition coefficient (Wildman–Crippen LogP) is 0.833. The Morgan fingerprint density at radius 2 is 2.00 bits per heavy atom. The zero-order valence-corrected chi connectivity index (χ0v) is 14.8. The average molecular weight is 351 g/mol. The fourth-order valence-corrected chi connectivity index (χ4v) is 2.69. The normalized spacial score (nSPS) is 15.3. The molecule has 0 radical (unpaired) electrons. The molecule has 1 atom stereocenters. The first-order chi connectivity index (χ1) is 12.0. The van der Waals surface area contributed by atoms with Gasteiger partial charge in [-0.05, 0) is 18.6 Å². The molecule has 1 fully saturated rings. The van der Waals surface area contributed by atoms with Crippen molar-refractivity contribution in [1.29, 1.82) is 0 Å². The van der Waals surface area contributed by atoms with Gasteiger partial charge in [0.05, 0.1) is 26.9 Å². The Morgan fingerprint density at radius 1 is 1.28 bits per heavy atom. The van der Waals surface area contributed by atoms with Gasteiger partial charge in [-0.3, -0.25) is 9.69 Å². The number of ether oxygens (including phenoxy) is 2. The van der Waals surface area contributed by atoms with Crippen LogP contribution in [0.2, 0.25) is 0 Å². The number of aliphatic hydroxyl groups is 1. The molecule has 0 bridgehead atoms. The fraction of sp³-hybridized carbons (Fsp3) is 0.529. The van der Waals surface area contributed by atoms with Gasteiger partial charge in [0.2, 0.25) is 5.91 Å². The van der Waals surface area contributed by atoms with Crippen LogP contribution in [0.15, 0.2) is 18.2 Å². The zero-order valence-electron chi connectivity index (χ0n) is 14.8. The van der Waals surface area contributed by atoms with Gasteiger partial charge in [-0.2, -0.15) is 0 Å². The molecule has 1 aromatic rings. The van der Waals surface area contributed by atoms with E-state index in [0.717, 1.165) is 0 Å². The van der Waals surface area contributed by atoms with E-state index in [-0.39, 0.29) is 31.1 Å². The maximum atomic E-state index is 12.6. The Hall–Kier alpha value is -2.48. The van der Waals surface area contributed by atoms with Crippen LogP contribution in [0.3, 0.4) is 0 Å². The zero-order chi connectivity index (χ0) is 18.4. The summed E-state index contributed by atoms with van der Waals surface area (Å²) in [7, 11) is 3.09. The molecule has 0 aliphatic carbocycles. The molecule has 1 aliphatic heterocycles. The molecule has 2 N–H and O–H groups in total. The van der Waals surface area contributed by atoms with E-state index >= 15 is 0 Å². The second-order valence-electron chi connectivity index (χ2n) is 5.75. The highest BCUT2D eigenvalue weighted by Crippen LogP contribution is 2.32. The minimum Gasteiger partial charge on any atom is -0.493 e. The maximum absolute atomic E-state index is 12.6. The fourth-order valence-electron chi connectivity index (χ4n) is 2.69. The van der Waals surface area contributed by atoms with Crippen LogP contribution in [0.5, 0.6) is 11.5 Å². The highest BCUT2D eigenvalue weighted by Gasteiger charge is 2.31. The summed E-state index contributed by atoms with van der Waals surface area (Å²) in [5.41, 5.74) is 0.687. The number of benzene rings is 1. The third kappa shape index (κ3) is 4.33. The van der Waals surface area contributed by atoms with Crippen molar-refractivity contribution in [2.75, 3.05) is 45.4 Å². The summed E-state index contributed by atoms with van der Waals surface area (Å²) in [6.07, 6.45) is 0.633. The molecule has 1 unspecified atom stereocenters. The quantitative estimate of drug-likeness (QED) is 0.724. The lowest BCUT2D eigenvalue weighted by Gasteiger charge is -2.20. The lowest BCUT2D eigenvalue weighted by atomic mass is 10.2. The number of anilines is 1. The third-order valence-corrected chi connectivity index (χ3v) is 4.19. The molecule has 0 saturated carbocycles. The van der Waals surface area contributed by atoms with Gasteiger partial charge in [0.25, 0.3) is 0 Å². The Labute approximate surface area is 147 Å². The SMILES string of the molecule is CCC(CO)NC(=O)CN1CCN(c2ccc(OC)c(OC)c2)C1=O. The molecule has 0 aromatic heterocycles. The number of aliphatic hydroxyl groups excluding tert-OH is 1. The largest absolute Gasteiger partial charge is 0.493 e. The van der Waals surface area contributed by atoms with E-state index in [1.165, 1.54) is 12.0 Å². The van der Waals surface area contributed by atoms with Crippen molar-refractivity contribution in [2.24, 2.45) is 0 Å². The summed E-state index contributed by atoms with van der Waals surface area (Å²) in [4.78, 5) is 27.7. The molecule has 1 aliphatic rings. The van der Waals surface area contributed by atoms with Gasteiger partial charge in [0, 0.05) is 24.8 Å². The van der Waals surface area contributed by atoms with E-state index in [2.05, 4.69) is 5.32 Å². The summed E-state index contributed by atoms with van der Waals surface area (Å²) < 4.78 is 10.5. The molecule has 1 saturated heterocycles. The van der Waals surface area contributed by atoms with Gasteiger partial charge in [-0.1, -0.05) is 6.92 Å². The summed E-state index contributed by atoms with van der Waals surface area (Å²) in [5.74, 6) is 0.852. The first-order valence-corrected chi connectivity index (χ1v) is 8.22. The van der Waals surface area contributed by atoms with Crippen LogP contribution < -0.4 is 19.7 Å². The average Bonchev–Trinajstić information content (AvgIpc) is 2.99. The van der Waals surface area contributed by atoms with Crippen LogP contribution >= 0.6 is 0 Å². The van der Waals surface area contributed by atoms with Crippen molar-refractivity contribution < 1.29 is 24.2 Å². The van der Waals surface area contributed by atoms with Crippen LogP contribution in [0.4, 0.5) is 10.5 Å². The first kappa shape index (κ1) is 18.9. The van der Waals surface area contributed by atoms with E-state index in [9.17, 15) is 9.59 Å². The molecule has 0 spiro atoms. The van der Waals surface area contributed by atoms with E-state index < -0.39 is 0 Å². The first-order valence-electron chi connectivity index (χ1n) is 8.22. The molecule has 1 aromatic carbocycles. The second-order valence-corrected chi connectivity index (χ2v) is 5.75. The van der Waals surface area contributed by atoms with Gasteiger partial charge in [-0.25, -0.2) is 4.79 Å². The van der Waals surface area contributed by atoms with Crippen LogP contribution in [0.1, 0.15) is 13.3 Å². The number of carbonyl (C=O) groups is 2. The third-order valence-electron chi connectivity index (χ3n) is 4.19. The molecule has 2 rings (SSSR count). The van der Waals surface area contributed by atoms with Gasteiger partial charge in [0.15, 0.2) is 11.5 Å². The number of hydrogen-bond acceptors (Lipinski definition) is 5. The molecular weight excluding hydrogens is 326 g/mol. The van der Waals surface area contributed by atoms with Crippen molar-refractivity contribution in [2.45, 2.75) is 19.4 Å². The highest BCUT2D eigenvalue weighted by molar-refractivity contribution is 5.96. The van der Waals surface area contributed by atoms with E-state index in [0.29, 0.717) is 36.7 Å². The number of hydrogen-bond donors (Lipinski definition) is 2. The van der Waals surface area contributed by atoms with E-state index in [1.54, 1.807) is 30.2 Å². The van der Waals surface area contributed by atoms with Gasteiger partial charge < -0.3 is 24.8 Å². The molecule has 25 heavy (non-hydrogen) atoms. The Balaban J connectivity index is 2.03. The standard InChI is InChI=1S/C17H25N3O5/c1-4-12(11-21)18-16(22)10-19-7-8-20(17(19)23)13-5-6-14(24-2)15(9-13)25-3/h5-6,9,12,21H,4,7-8,10-11H2,1-3H3,(H,18,22). The number of carbonyl (C=O) groups excluding carboxylic acids is 2. The van der Waals surface area contributed by atoms with E-state index in [1.807, 2.05) is 6.92 Å².